The third-order valence-electron chi connectivity index (χ3n) is 7.91. The van der Waals surface area contributed by atoms with Gasteiger partial charge >= 0.3 is 0 Å². The summed E-state index contributed by atoms with van der Waals surface area (Å²) in [6, 6.07) is 16.6. The normalized spacial score (nSPS) is 19.5. The van der Waals surface area contributed by atoms with Crippen molar-refractivity contribution in [3.8, 4) is 5.75 Å². The lowest BCUT2D eigenvalue weighted by molar-refractivity contribution is 0.0374. The Labute approximate surface area is 206 Å². The summed E-state index contributed by atoms with van der Waals surface area (Å²) in [6.07, 6.45) is 9.42. The Kier molecular flexibility index (Phi) is 8.66. The Morgan fingerprint density at radius 1 is 0.971 bits per heavy atom. The summed E-state index contributed by atoms with van der Waals surface area (Å²) in [5.74, 6) is 1.27. The van der Waals surface area contributed by atoms with Crippen molar-refractivity contribution in [2.45, 2.75) is 65.2 Å². The second kappa shape index (κ2) is 11.9. The summed E-state index contributed by atoms with van der Waals surface area (Å²) in [5.41, 5.74) is 3.58. The van der Waals surface area contributed by atoms with Crippen molar-refractivity contribution in [2.24, 2.45) is 5.41 Å². The Morgan fingerprint density at radius 3 is 2.53 bits per heavy atom. The van der Waals surface area contributed by atoms with Crippen LogP contribution in [0.5, 0.6) is 5.75 Å². The Morgan fingerprint density at radius 2 is 1.74 bits per heavy atom. The van der Waals surface area contributed by atoms with Gasteiger partial charge in [-0.1, -0.05) is 56.2 Å². The number of hydrogen-bond acceptors (Lipinski definition) is 3. The number of benzene rings is 2. The van der Waals surface area contributed by atoms with Gasteiger partial charge in [-0.15, -0.1) is 0 Å². The maximum atomic E-state index is 13.2. The molecule has 34 heavy (non-hydrogen) atoms. The SMILES string of the molecule is CCCCN1CCOc2ccccc2CCCCC2(CCN(C(=O)c3ccccc3C)CC2)C1. The molecule has 0 aromatic heterocycles. The second-order valence-electron chi connectivity index (χ2n) is 10.4. The molecule has 2 aliphatic heterocycles. The van der Waals surface area contributed by atoms with E-state index >= 15 is 0 Å². The number of aryl methyl sites for hydroxylation is 2. The molecule has 0 radical (unpaired) electrons. The third kappa shape index (κ3) is 6.21. The molecule has 1 spiro atoms. The highest BCUT2D eigenvalue weighted by Crippen LogP contribution is 2.39. The zero-order valence-corrected chi connectivity index (χ0v) is 21.2. The first kappa shape index (κ1) is 24.8. The van der Waals surface area contributed by atoms with Gasteiger partial charge in [0.2, 0.25) is 0 Å². The summed E-state index contributed by atoms with van der Waals surface area (Å²) in [7, 11) is 0. The summed E-state index contributed by atoms with van der Waals surface area (Å²) >= 11 is 0. The molecule has 1 saturated heterocycles. The van der Waals surface area contributed by atoms with E-state index in [0.717, 1.165) is 75.5 Å². The lowest BCUT2D eigenvalue weighted by Crippen LogP contribution is -2.49. The van der Waals surface area contributed by atoms with Gasteiger partial charge in [0.05, 0.1) is 0 Å². The number of carbonyl (C=O) groups excluding carboxylic acids is 1. The van der Waals surface area contributed by atoms with Gasteiger partial charge in [0.1, 0.15) is 12.4 Å². The minimum Gasteiger partial charge on any atom is -0.492 e. The molecule has 0 unspecified atom stereocenters. The number of fused-ring (bicyclic) bond motifs is 1. The largest absolute Gasteiger partial charge is 0.492 e. The molecule has 0 N–H and O–H groups in total. The quantitative estimate of drug-likeness (QED) is 0.548. The topological polar surface area (TPSA) is 32.8 Å². The number of piperidine rings is 1. The van der Waals surface area contributed by atoms with Crippen molar-refractivity contribution in [2.75, 3.05) is 39.3 Å². The second-order valence-corrected chi connectivity index (χ2v) is 10.4. The van der Waals surface area contributed by atoms with E-state index in [4.69, 9.17) is 4.74 Å². The maximum Gasteiger partial charge on any atom is 0.254 e. The summed E-state index contributed by atoms with van der Waals surface area (Å²) in [6.45, 7) is 10.0. The number of amides is 1. The average Bonchev–Trinajstić information content (AvgIpc) is 2.85. The smallest absolute Gasteiger partial charge is 0.254 e. The molecule has 1 amide bonds. The molecule has 0 bridgehead atoms. The Bertz CT molecular complexity index is 933. The van der Waals surface area contributed by atoms with Gasteiger partial charge in [-0.25, -0.2) is 0 Å². The minimum absolute atomic E-state index is 0.203. The number of hydrogen-bond donors (Lipinski definition) is 0. The van der Waals surface area contributed by atoms with Crippen LogP contribution in [0, 0.1) is 12.3 Å². The van der Waals surface area contributed by atoms with Crippen LogP contribution < -0.4 is 4.74 Å². The fourth-order valence-electron chi connectivity index (χ4n) is 5.73. The van der Waals surface area contributed by atoms with Crippen LogP contribution in [0.25, 0.3) is 0 Å². The molecule has 0 saturated carbocycles. The molecule has 2 heterocycles. The molecule has 4 rings (SSSR count). The molecule has 4 heteroatoms. The molecule has 0 atom stereocenters. The fourth-order valence-corrected chi connectivity index (χ4v) is 5.73. The summed E-state index contributed by atoms with van der Waals surface area (Å²) < 4.78 is 6.26. The Balaban J connectivity index is 1.46. The number of ether oxygens (including phenoxy) is 1. The van der Waals surface area contributed by atoms with Gasteiger partial charge in [-0.3, -0.25) is 9.69 Å². The van der Waals surface area contributed by atoms with Crippen LogP contribution in [0.2, 0.25) is 0 Å². The highest BCUT2D eigenvalue weighted by Gasteiger charge is 2.37. The van der Waals surface area contributed by atoms with E-state index in [2.05, 4.69) is 41.0 Å². The van der Waals surface area contributed by atoms with Crippen LogP contribution in [0.15, 0.2) is 48.5 Å². The number of para-hydroxylation sites is 1. The van der Waals surface area contributed by atoms with Crippen LogP contribution in [0.1, 0.15) is 73.4 Å². The standard InChI is InChI=1S/C30H42N2O2/c1-3-4-19-31-22-23-34-28-15-8-6-12-26(28)13-9-10-16-30(24-31)17-20-32(21-18-30)29(33)27-14-7-5-11-25(27)2/h5-8,11-12,14-15H,3-4,9-10,13,16-24H2,1-2H3. The molecular weight excluding hydrogens is 420 g/mol. The molecule has 2 aromatic carbocycles. The number of rotatable bonds is 4. The average molecular weight is 463 g/mol. The first-order chi connectivity index (χ1) is 16.6. The van der Waals surface area contributed by atoms with E-state index in [-0.39, 0.29) is 5.91 Å². The van der Waals surface area contributed by atoms with Crippen LogP contribution in [-0.2, 0) is 6.42 Å². The van der Waals surface area contributed by atoms with Crippen molar-refractivity contribution in [3.63, 3.8) is 0 Å². The van der Waals surface area contributed by atoms with Crippen LogP contribution in [0.3, 0.4) is 0 Å². The lowest BCUT2D eigenvalue weighted by Gasteiger charge is -2.45. The molecule has 2 aliphatic rings. The first-order valence-electron chi connectivity index (χ1n) is 13.4. The highest BCUT2D eigenvalue weighted by atomic mass is 16.5. The molecule has 0 aliphatic carbocycles. The Hall–Kier alpha value is -2.33. The van der Waals surface area contributed by atoms with E-state index in [1.807, 2.05) is 31.2 Å². The monoisotopic (exact) mass is 462 g/mol. The zero-order chi connectivity index (χ0) is 23.8. The first-order valence-corrected chi connectivity index (χ1v) is 13.4. The van der Waals surface area contributed by atoms with Crippen LogP contribution >= 0.6 is 0 Å². The van der Waals surface area contributed by atoms with Gasteiger partial charge in [-0.05, 0) is 80.7 Å². The number of likely N-dealkylation sites (tertiary alicyclic amines) is 1. The van der Waals surface area contributed by atoms with E-state index < -0.39 is 0 Å². The van der Waals surface area contributed by atoms with Gasteiger partial charge in [0, 0.05) is 31.7 Å². The van der Waals surface area contributed by atoms with Crippen LogP contribution in [-0.4, -0.2) is 55.0 Å². The van der Waals surface area contributed by atoms with Gasteiger partial charge in [0.25, 0.3) is 5.91 Å². The molecule has 2 aromatic rings. The summed E-state index contributed by atoms with van der Waals surface area (Å²) in [5, 5.41) is 0. The predicted octanol–water partition coefficient (Wildman–Crippen LogP) is 6.12. The molecule has 4 nitrogen and oxygen atoms in total. The fraction of sp³-hybridized carbons (Fsp3) is 0.567. The molecular formula is C30H42N2O2. The molecule has 184 valence electrons. The zero-order valence-electron chi connectivity index (χ0n) is 21.2. The van der Waals surface area contributed by atoms with Gasteiger partial charge < -0.3 is 9.64 Å². The minimum atomic E-state index is 0.203. The highest BCUT2D eigenvalue weighted by molar-refractivity contribution is 5.95. The van der Waals surface area contributed by atoms with Crippen molar-refractivity contribution >= 4 is 5.91 Å². The van der Waals surface area contributed by atoms with Crippen molar-refractivity contribution in [1.29, 1.82) is 0 Å². The van der Waals surface area contributed by atoms with E-state index in [0.29, 0.717) is 5.41 Å². The van der Waals surface area contributed by atoms with E-state index in [1.54, 1.807) is 0 Å². The predicted molar refractivity (Wildman–Crippen MR) is 140 cm³/mol. The third-order valence-corrected chi connectivity index (χ3v) is 7.91. The van der Waals surface area contributed by atoms with Crippen molar-refractivity contribution in [1.82, 2.24) is 9.80 Å². The lowest BCUT2D eigenvalue weighted by atomic mass is 9.73. The maximum absolute atomic E-state index is 13.2. The molecule has 1 fully saturated rings. The van der Waals surface area contributed by atoms with E-state index in [9.17, 15) is 4.79 Å². The number of unbranched alkanes of at least 4 members (excludes halogenated alkanes) is 1. The van der Waals surface area contributed by atoms with Gasteiger partial charge in [0.15, 0.2) is 0 Å². The number of carbonyl (C=O) groups is 1. The van der Waals surface area contributed by atoms with Crippen LogP contribution in [0.4, 0.5) is 0 Å². The van der Waals surface area contributed by atoms with Crippen molar-refractivity contribution in [3.05, 3.63) is 65.2 Å². The van der Waals surface area contributed by atoms with E-state index in [1.165, 1.54) is 37.7 Å². The van der Waals surface area contributed by atoms with Crippen molar-refractivity contribution < 1.29 is 9.53 Å². The van der Waals surface area contributed by atoms with Gasteiger partial charge in [-0.2, -0.15) is 0 Å². The number of nitrogens with zero attached hydrogens (tertiary/aromatic N) is 2. The summed E-state index contributed by atoms with van der Waals surface area (Å²) in [4.78, 5) is 18.0.